The molecule has 3 heteroatoms. The van der Waals surface area contributed by atoms with Gasteiger partial charge in [-0.1, -0.05) is 12.1 Å². The van der Waals surface area contributed by atoms with Gasteiger partial charge in [0, 0.05) is 29.6 Å². The van der Waals surface area contributed by atoms with Crippen molar-refractivity contribution in [2.24, 2.45) is 5.73 Å². The molecule has 1 aromatic carbocycles. The van der Waals surface area contributed by atoms with Crippen LogP contribution in [0.25, 0.3) is 11.3 Å². The summed E-state index contributed by atoms with van der Waals surface area (Å²) in [6, 6.07) is 8.84. The number of H-pyrrole nitrogens is 1. The maximum atomic E-state index is 13.3. The molecule has 2 aromatic rings. The van der Waals surface area contributed by atoms with E-state index >= 15 is 0 Å². The Labute approximate surface area is 81.6 Å². The van der Waals surface area contributed by atoms with E-state index in [2.05, 4.69) is 4.98 Å². The summed E-state index contributed by atoms with van der Waals surface area (Å²) in [7, 11) is 0. The first-order valence-corrected chi connectivity index (χ1v) is 4.43. The summed E-state index contributed by atoms with van der Waals surface area (Å²) in [6.45, 7) is 0.233. The van der Waals surface area contributed by atoms with E-state index in [1.807, 2.05) is 24.4 Å². The Morgan fingerprint density at radius 2 is 2.14 bits per heavy atom. The number of nitrogens with two attached hydrogens (primary N) is 1. The van der Waals surface area contributed by atoms with Gasteiger partial charge in [0.15, 0.2) is 0 Å². The molecule has 0 spiro atoms. The molecule has 72 valence electrons. The molecule has 0 aliphatic rings. The summed E-state index contributed by atoms with van der Waals surface area (Å²) in [5, 5.41) is 0. The third kappa shape index (κ3) is 1.54. The van der Waals surface area contributed by atoms with Crippen LogP contribution in [0.2, 0.25) is 0 Å². The van der Waals surface area contributed by atoms with Crippen molar-refractivity contribution in [2.45, 2.75) is 6.54 Å². The largest absolute Gasteiger partial charge is 0.361 e. The van der Waals surface area contributed by atoms with E-state index in [0.29, 0.717) is 5.56 Å². The van der Waals surface area contributed by atoms with Gasteiger partial charge in [-0.25, -0.2) is 4.39 Å². The zero-order valence-corrected chi connectivity index (χ0v) is 7.63. The fourth-order valence-corrected chi connectivity index (χ4v) is 1.39. The van der Waals surface area contributed by atoms with Crippen molar-refractivity contribution in [3.63, 3.8) is 0 Å². The predicted octanol–water partition coefficient (Wildman–Crippen LogP) is 2.28. The molecule has 3 N–H and O–H groups in total. The van der Waals surface area contributed by atoms with Crippen LogP contribution >= 0.6 is 0 Å². The zero-order chi connectivity index (χ0) is 9.97. The molecular formula is C11H11FN2. The molecule has 1 heterocycles. The molecule has 0 fully saturated rings. The Hall–Kier alpha value is -1.61. The minimum atomic E-state index is -0.250. The van der Waals surface area contributed by atoms with E-state index < -0.39 is 0 Å². The average Bonchev–Trinajstić information content (AvgIpc) is 2.70. The van der Waals surface area contributed by atoms with E-state index in [-0.39, 0.29) is 12.4 Å². The molecular weight excluding hydrogens is 179 g/mol. The van der Waals surface area contributed by atoms with Crippen LogP contribution in [0.1, 0.15) is 5.56 Å². The Balaban J connectivity index is 2.43. The molecule has 0 saturated carbocycles. The first-order chi connectivity index (χ1) is 6.81. The van der Waals surface area contributed by atoms with Crippen molar-refractivity contribution in [3.8, 4) is 11.3 Å². The van der Waals surface area contributed by atoms with Crippen molar-refractivity contribution in [1.82, 2.24) is 4.98 Å². The van der Waals surface area contributed by atoms with Crippen LogP contribution in [0.4, 0.5) is 4.39 Å². The normalized spacial score (nSPS) is 10.4. The van der Waals surface area contributed by atoms with Crippen LogP contribution in [0.15, 0.2) is 36.5 Å². The van der Waals surface area contributed by atoms with E-state index in [1.165, 1.54) is 6.07 Å². The number of hydrogen-bond acceptors (Lipinski definition) is 1. The number of aromatic nitrogens is 1. The second-order valence-corrected chi connectivity index (χ2v) is 3.09. The number of halogens is 1. The Bertz CT molecular complexity index is 421. The molecule has 0 amide bonds. The van der Waals surface area contributed by atoms with Gasteiger partial charge in [0.1, 0.15) is 5.82 Å². The Morgan fingerprint density at radius 3 is 2.71 bits per heavy atom. The molecule has 0 bridgehead atoms. The van der Waals surface area contributed by atoms with Gasteiger partial charge in [0.25, 0.3) is 0 Å². The predicted molar refractivity (Wildman–Crippen MR) is 54.1 cm³/mol. The van der Waals surface area contributed by atoms with Crippen LogP contribution in [0.3, 0.4) is 0 Å². The average molecular weight is 190 g/mol. The lowest BCUT2D eigenvalue weighted by Gasteiger charge is -2.02. The summed E-state index contributed by atoms with van der Waals surface area (Å²) >= 11 is 0. The highest BCUT2D eigenvalue weighted by molar-refractivity contribution is 5.59. The van der Waals surface area contributed by atoms with Crippen molar-refractivity contribution in [2.75, 3.05) is 0 Å². The summed E-state index contributed by atoms with van der Waals surface area (Å²) in [4.78, 5) is 3.02. The molecule has 0 aliphatic carbocycles. The van der Waals surface area contributed by atoms with Gasteiger partial charge < -0.3 is 10.7 Å². The van der Waals surface area contributed by atoms with Crippen molar-refractivity contribution in [3.05, 3.63) is 47.9 Å². The van der Waals surface area contributed by atoms with Gasteiger partial charge in [-0.3, -0.25) is 0 Å². The van der Waals surface area contributed by atoms with Gasteiger partial charge >= 0.3 is 0 Å². The second-order valence-electron chi connectivity index (χ2n) is 3.09. The fraction of sp³-hybridized carbons (Fsp3) is 0.0909. The lowest BCUT2D eigenvalue weighted by Crippen LogP contribution is -1.99. The summed E-state index contributed by atoms with van der Waals surface area (Å²) < 4.78 is 13.3. The highest BCUT2D eigenvalue weighted by atomic mass is 19.1. The maximum Gasteiger partial charge on any atom is 0.128 e. The Kier molecular flexibility index (Phi) is 2.33. The topological polar surface area (TPSA) is 41.8 Å². The van der Waals surface area contributed by atoms with Gasteiger partial charge in [-0.05, 0) is 18.2 Å². The highest BCUT2D eigenvalue weighted by Gasteiger charge is 2.03. The molecule has 14 heavy (non-hydrogen) atoms. The fourth-order valence-electron chi connectivity index (χ4n) is 1.39. The third-order valence-electron chi connectivity index (χ3n) is 2.18. The zero-order valence-electron chi connectivity index (χ0n) is 7.63. The Morgan fingerprint density at radius 1 is 1.29 bits per heavy atom. The van der Waals surface area contributed by atoms with E-state index in [9.17, 15) is 4.39 Å². The van der Waals surface area contributed by atoms with Gasteiger partial charge in [0.2, 0.25) is 0 Å². The summed E-state index contributed by atoms with van der Waals surface area (Å²) in [5.74, 6) is -0.250. The van der Waals surface area contributed by atoms with E-state index in [1.54, 1.807) is 6.07 Å². The molecule has 0 atom stereocenters. The lowest BCUT2D eigenvalue weighted by atomic mass is 10.1. The van der Waals surface area contributed by atoms with Gasteiger partial charge in [-0.2, -0.15) is 0 Å². The molecule has 0 unspecified atom stereocenters. The molecule has 0 saturated heterocycles. The highest BCUT2D eigenvalue weighted by Crippen LogP contribution is 2.19. The van der Waals surface area contributed by atoms with Crippen LogP contribution in [0, 0.1) is 5.82 Å². The number of benzene rings is 1. The summed E-state index contributed by atoms with van der Waals surface area (Å²) in [6.07, 6.45) is 1.81. The van der Waals surface area contributed by atoms with E-state index in [4.69, 9.17) is 5.73 Å². The maximum absolute atomic E-state index is 13.3. The van der Waals surface area contributed by atoms with Crippen LogP contribution < -0.4 is 5.73 Å². The molecule has 0 radical (unpaired) electrons. The van der Waals surface area contributed by atoms with Crippen molar-refractivity contribution in [1.29, 1.82) is 0 Å². The van der Waals surface area contributed by atoms with Crippen LogP contribution in [0.5, 0.6) is 0 Å². The smallest absolute Gasteiger partial charge is 0.128 e. The van der Waals surface area contributed by atoms with Gasteiger partial charge in [-0.15, -0.1) is 0 Å². The molecule has 2 rings (SSSR count). The monoisotopic (exact) mass is 190 g/mol. The van der Waals surface area contributed by atoms with E-state index in [0.717, 1.165) is 11.3 Å². The minimum Gasteiger partial charge on any atom is -0.361 e. The first kappa shape index (κ1) is 8.97. The lowest BCUT2D eigenvalue weighted by molar-refractivity contribution is 0.611. The minimum absolute atomic E-state index is 0.233. The molecule has 0 aliphatic heterocycles. The first-order valence-electron chi connectivity index (χ1n) is 4.43. The number of hydrogen-bond donors (Lipinski definition) is 2. The molecule has 2 nitrogen and oxygen atoms in total. The third-order valence-corrected chi connectivity index (χ3v) is 2.18. The number of aromatic amines is 1. The number of rotatable bonds is 2. The molecule has 1 aromatic heterocycles. The SMILES string of the molecule is NCc1ccc(-c2ccc[nH]2)cc1F. The second kappa shape index (κ2) is 3.64. The van der Waals surface area contributed by atoms with Gasteiger partial charge in [0.05, 0.1) is 0 Å². The van der Waals surface area contributed by atoms with Crippen molar-refractivity contribution < 1.29 is 4.39 Å². The van der Waals surface area contributed by atoms with Crippen LogP contribution in [-0.4, -0.2) is 4.98 Å². The quantitative estimate of drug-likeness (QED) is 0.749. The standard InChI is InChI=1S/C11H11FN2/c12-10-6-8(3-4-9(10)7-13)11-2-1-5-14-11/h1-6,14H,7,13H2. The van der Waals surface area contributed by atoms with Crippen LogP contribution in [-0.2, 0) is 6.54 Å². The summed E-state index contributed by atoms with van der Waals surface area (Å²) in [5.41, 5.74) is 7.66. The number of nitrogens with one attached hydrogen (secondary N) is 1. The van der Waals surface area contributed by atoms with Crippen molar-refractivity contribution >= 4 is 0 Å².